The summed E-state index contributed by atoms with van der Waals surface area (Å²) in [5.74, 6) is 0.465. The molecule has 0 unspecified atom stereocenters. The third kappa shape index (κ3) is 4.44. The second-order valence-electron chi connectivity index (χ2n) is 7.51. The molecule has 1 aromatic heterocycles. The Bertz CT molecular complexity index is 1430. The van der Waals surface area contributed by atoms with Gasteiger partial charge in [-0.25, -0.2) is 14.0 Å². The molecule has 1 amide bonds. The first-order valence-corrected chi connectivity index (χ1v) is 11.7. The molecule has 0 saturated carbocycles. The first-order chi connectivity index (χ1) is 16.0. The van der Waals surface area contributed by atoms with E-state index in [0.29, 0.717) is 17.3 Å². The van der Waals surface area contributed by atoms with Crippen molar-refractivity contribution in [1.29, 1.82) is 0 Å². The van der Waals surface area contributed by atoms with Crippen molar-refractivity contribution in [3.63, 3.8) is 0 Å². The highest BCUT2D eigenvalue weighted by Crippen LogP contribution is 2.33. The van der Waals surface area contributed by atoms with Crippen molar-refractivity contribution in [2.45, 2.75) is 6.61 Å². The van der Waals surface area contributed by atoms with Crippen molar-refractivity contribution in [3.8, 4) is 5.75 Å². The van der Waals surface area contributed by atoms with Crippen LogP contribution in [0.1, 0.15) is 17.0 Å². The predicted octanol–water partition coefficient (Wildman–Crippen LogP) is 3.49. The lowest BCUT2D eigenvalue weighted by atomic mass is 10.1. The molecule has 0 atom stereocenters. The van der Waals surface area contributed by atoms with Gasteiger partial charge in [-0.05, 0) is 41.5 Å². The molecule has 4 aromatic rings. The molecule has 0 aliphatic carbocycles. The largest absolute Gasteiger partial charge is 0.487 e. The van der Waals surface area contributed by atoms with Crippen LogP contribution in [0.3, 0.4) is 0 Å². The van der Waals surface area contributed by atoms with Gasteiger partial charge in [0.15, 0.2) is 0 Å². The highest BCUT2D eigenvalue weighted by Gasteiger charge is 2.35. The summed E-state index contributed by atoms with van der Waals surface area (Å²) in [5.41, 5.74) is 3.83. The zero-order valence-electron chi connectivity index (χ0n) is 17.4. The van der Waals surface area contributed by atoms with E-state index >= 15 is 0 Å². The minimum atomic E-state index is -3.96. The molecule has 1 aliphatic rings. The summed E-state index contributed by atoms with van der Waals surface area (Å²) in [5, 5.41) is 0. The van der Waals surface area contributed by atoms with Gasteiger partial charge in [-0.1, -0.05) is 54.6 Å². The van der Waals surface area contributed by atoms with Crippen LogP contribution in [0.4, 0.5) is 5.69 Å². The number of carbonyl (C=O) groups is 1. The summed E-state index contributed by atoms with van der Waals surface area (Å²) in [4.78, 5) is 19.5. The lowest BCUT2D eigenvalue weighted by Crippen LogP contribution is -2.29. The number of carbonyl (C=O) groups excluding carboxylic acids is 1. The lowest BCUT2D eigenvalue weighted by Gasteiger charge is -2.19. The third-order valence-electron chi connectivity index (χ3n) is 5.15. The summed E-state index contributed by atoms with van der Waals surface area (Å²) >= 11 is 0. The third-order valence-corrected chi connectivity index (χ3v) is 6.54. The summed E-state index contributed by atoms with van der Waals surface area (Å²) < 4.78 is 33.8. The molecular formula is C24H20N4O4S. The number of para-hydroxylation sites is 2. The molecular weight excluding hydrogens is 440 g/mol. The van der Waals surface area contributed by atoms with E-state index < -0.39 is 16.1 Å². The van der Waals surface area contributed by atoms with Gasteiger partial charge in [0.2, 0.25) is 0 Å². The number of amides is 1. The number of aromatic amines is 1. The fraction of sp³-hybridized carbons (Fsp3) is 0.0833. The smallest absolute Gasteiger partial charge is 0.326 e. The Morgan fingerprint density at radius 2 is 1.79 bits per heavy atom. The van der Waals surface area contributed by atoms with E-state index in [9.17, 15) is 13.2 Å². The average molecular weight is 461 g/mol. The monoisotopic (exact) mass is 460 g/mol. The molecule has 0 radical (unpaired) electrons. The molecule has 166 valence electrons. The van der Waals surface area contributed by atoms with Gasteiger partial charge < -0.3 is 9.72 Å². The number of rotatable bonds is 6. The number of anilines is 1. The van der Waals surface area contributed by atoms with Crippen LogP contribution in [0.25, 0.3) is 23.2 Å². The molecule has 1 fully saturated rings. The van der Waals surface area contributed by atoms with Gasteiger partial charge in [-0.2, -0.15) is 8.42 Å². The van der Waals surface area contributed by atoms with Crippen LogP contribution in [0.5, 0.6) is 5.75 Å². The molecule has 2 N–H and O–H groups in total. The second-order valence-corrected chi connectivity index (χ2v) is 9.11. The number of hydrogen-bond acceptors (Lipinski definition) is 5. The van der Waals surface area contributed by atoms with Crippen LogP contribution in [-0.4, -0.2) is 30.8 Å². The van der Waals surface area contributed by atoms with Crippen molar-refractivity contribution in [1.82, 2.24) is 14.7 Å². The van der Waals surface area contributed by atoms with Gasteiger partial charge in [0.25, 0.3) is 5.91 Å². The average Bonchev–Trinajstić information content (AvgIpc) is 3.35. The van der Waals surface area contributed by atoms with E-state index in [2.05, 4.69) is 9.97 Å². The Kier molecular flexibility index (Phi) is 5.31. The number of fused-ring (bicyclic) bond motifs is 1. The van der Waals surface area contributed by atoms with Crippen LogP contribution >= 0.6 is 0 Å². The fourth-order valence-electron chi connectivity index (χ4n) is 3.58. The van der Waals surface area contributed by atoms with E-state index in [1.54, 1.807) is 18.2 Å². The Morgan fingerprint density at radius 3 is 2.55 bits per heavy atom. The first-order valence-electron chi connectivity index (χ1n) is 10.2. The molecule has 0 bridgehead atoms. The van der Waals surface area contributed by atoms with Crippen LogP contribution in [0.15, 0.2) is 72.8 Å². The quantitative estimate of drug-likeness (QED) is 0.458. The summed E-state index contributed by atoms with van der Waals surface area (Å²) in [6.07, 6.45) is 3.70. The number of ether oxygens (including phenoxy) is 1. The maximum atomic E-state index is 12.4. The summed E-state index contributed by atoms with van der Waals surface area (Å²) in [6, 6.07) is 22.5. The maximum Gasteiger partial charge on any atom is 0.326 e. The number of nitrogens with zero attached hydrogens (tertiary/aromatic N) is 2. The minimum Gasteiger partial charge on any atom is -0.487 e. The highest BCUT2D eigenvalue weighted by atomic mass is 32.2. The van der Waals surface area contributed by atoms with Gasteiger partial charge in [0.05, 0.1) is 16.7 Å². The Labute approximate surface area is 190 Å². The molecule has 1 aliphatic heterocycles. The number of hydrogen-bond donors (Lipinski definition) is 2. The van der Waals surface area contributed by atoms with E-state index in [4.69, 9.17) is 4.74 Å². The van der Waals surface area contributed by atoms with E-state index in [-0.39, 0.29) is 13.2 Å². The fourth-order valence-corrected chi connectivity index (χ4v) is 4.74. The molecule has 1 saturated heterocycles. The topological polar surface area (TPSA) is 104 Å². The van der Waals surface area contributed by atoms with Crippen molar-refractivity contribution in [2.24, 2.45) is 0 Å². The Balaban J connectivity index is 1.47. The van der Waals surface area contributed by atoms with Crippen LogP contribution in [-0.2, 0) is 21.6 Å². The molecule has 33 heavy (non-hydrogen) atoms. The normalized spacial score (nSPS) is 15.3. The molecule has 5 rings (SSSR count). The first kappa shape index (κ1) is 20.8. The molecule has 8 nitrogen and oxygen atoms in total. The zero-order chi connectivity index (χ0) is 22.8. The van der Waals surface area contributed by atoms with Crippen LogP contribution < -0.4 is 13.8 Å². The predicted molar refractivity (Wildman–Crippen MR) is 127 cm³/mol. The summed E-state index contributed by atoms with van der Waals surface area (Å²) in [6.45, 7) is -0.0436. The van der Waals surface area contributed by atoms with E-state index in [1.807, 2.05) is 71.5 Å². The van der Waals surface area contributed by atoms with Crippen molar-refractivity contribution >= 4 is 45.0 Å². The van der Waals surface area contributed by atoms with Crippen LogP contribution in [0.2, 0.25) is 0 Å². The van der Waals surface area contributed by atoms with Crippen molar-refractivity contribution in [2.75, 3.05) is 10.8 Å². The number of H-pyrrole nitrogens is 1. The van der Waals surface area contributed by atoms with Gasteiger partial charge in [-0.3, -0.25) is 4.79 Å². The van der Waals surface area contributed by atoms with Gasteiger partial charge >= 0.3 is 10.2 Å². The van der Waals surface area contributed by atoms with Gasteiger partial charge in [0, 0.05) is 0 Å². The molecule has 2 heterocycles. The second kappa shape index (κ2) is 8.44. The number of imidazole rings is 1. The SMILES string of the molecule is O=C1CN(c2ccc(C=Cc3nc4ccccc4[nH]3)cc2OCc2ccccc2)S(=O)(=O)N1. The number of benzene rings is 3. The number of nitrogens with one attached hydrogen (secondary N) is 2. The van der Waals surface area contributed by atoms with Gasteiger partial charge in [0.1, 0.15) is 24.7 Å². The zero-order valence-corrected chi connectivity index (χ0v) is 18.2. The molecule has 3 aromatic carbocycles. The molecule has 9 heteroatoms. The lowest BCUT2D eigenvalue weighted by molar-refractivity contribution is -0.117. The minimum absolute atomic E-state index is 0.250. The number of aromatic nitrogens is 2. The highest BCUT2D eigenvalue weighted by molar-refractivity contribution is 7.92. The van der Waals surface area contributed by atoms with Crippen molar-refractivity contribution in [3.05, 3.63) is 89.7 Å². The maximum absolute atomic E-state index is 12.4. The summed E-state index contributed by atoms with van der Waals surface area (Å²) in [7, 11) is -3.96. The van der Waals surface area contributed by atoms with E-state index in [1.165, 1.54) is 0 Å². The Morgan fingerprint density at radius 1 is 1.00 bits per heavy atom. The van der Waals surface area contributed by atoms with Crippen molar-refractivity contribution < 1.29 is 17.9 Å². The molecule has 0 spiro atoms. The van der Waals surface area contributed by atoms with E-state index in [0.717, 1.165) is 26.5 Å². The van der Waals surface area contributed by atoms with Gasteiger partial charge in [-0.15, -0.1) is 0 Å². The van der Waals surface area contributed by atoms with Crippen LogP contribution in [0, 0.1) is 0 Å². The Hall–Kier alpha value is -4.11. The standard InChI is InChI=1S/C24H20N4O4S/c29-24-15-28(33(30,31)27-24)21-12-10-17(14-22(21)32-16-18-6-2-1-3-7-18)11-13-23-25-19-8-4-5-9-20(19)26-23/h1-14H,15-16H2,(H,25,26)(H,27,29).